The molecule has 0 aliphatic carbocycles. The Morgan fingerprint density at radius 2 is 2.15 bits per heavy atom. The fourth-order valence-electron chi connectivity index (χ4n) is 2.21. The molecule has 0 saturated carbocycles. The second-order valence-electron chi connectivity index (χ2n) is 5.34. The molecule has 0 bridgehead atoms. The minimum Gasteiger partial charge on any atom is -0.479 e. The van der Waals surface area contributed by atoms with Gasteiger partial charge >= 0.3 is 0 Å². The van der Waals surface area contributed by atoms with Crippen molar-refractivity contribution in [2.24, 2.45) is 5.92 Å². The van der Waals surface area contributed by atoms with Crippen LogP contribution in [0.5, 0.6) is 5.75 Å². The fourth-order valence-corrected chi connectivity index (χ4v) is 2.37. The van der Waals surface area contributed by atoms with Crippen LogP contribution in [0, 0.1) is 5.92 Å². The number of amides is 1. The van der Waals surface area contributed by atoms with E-state index < -0.39 is 6.10 Å². The van der Waals surface area contributed by atoms with E-state index in [1.165, 1.54) is 0 Å². The number of anilines is 1. The standard InChI is InChI=1S/C15H18ClNO3/c1-9(2)8-17-12-6-11(13(18)7-16)4-5-14(12)20-10(3)15(17)19/h4-6,9-10H,7-8H2,1-3H3. The van der Waals surface area contributed by atoms with Crippen LogP contribution in [0.4, 0.5) is 5.69 Å². The van der Waals surface area contributed by atoms with Gasteiger partial charge in [-0.25, -0.2) is 0 Å². The number of Topliss-reactive ketones (excluding diaryl/α,β-unsaturated/α-hetero) is 1. The molecule has 1 aliphatic rings. The van der Waals surface area contributed by atoms with Gasteiger partial charge in [0.25, 0.3) is 5.91 Å². The number of carbonyl (C=O) groups excluding carboxylic acids is 2. The highest BCUT2D eigenvalue weighted by Crippen LogP contribution is 2.35. The first-order valence-corrected chi connectivity index (χ1v) is 7.18. The Kier molecular flexibility index (Phi) is 4.33. The minimum absolute atomic E-state index is 0.0752. The van der Waals surface area contributed by atoms with Gasteiger partial charge in [0.1, 0.15) is 5.75 Å². The van der Waals surface area contributed by atoms with Crippen molar-refractivity contribution < 1.29 is 14.3 Å². The molecule has 108 valence electrons. The van der Waals surface area contributed by atoms with Crippen molar-refractivity contribution in [1.82, 2.24) is 0 Å². The van der Waals surface area contributed by atoms with Crippen molar-refractivity contribution in [3.63, 3.8) is 0 Å². The van der Waals surface area contributed by atoms with E-state index in [4.69, 9.17) is 16.3 Å². The third kappa shape index (κ3) is 2.80. The van der Waals surface area contributed by atoms with Gasteiger partial charge in [-0.3, -0.25) is 9.59 Å². The Bertz CT molecular complexity index is 542. The SMILES string of the molecule is CC(C)CN1C(=O)C(C)Oc2ccc(C(=O)CCl)cc21. The predicted molar refractivity (Wildman–Crippen MR) is 78.8 cm³/mol. The molecule has 1 aliphatic heterocycles. The summed E-state index contributed by atoms with van der Waals surface area (Å²) in [5.74, 6) is 0.633. The van der Waals surface area contributed by atoms with Crippen LogP contribution in [0.15, 0.2) is 18.2 Å². The number of alkyl halides is 1. The molecule has 0 aromatic heterocycles. The van der Waals surface area contributed by atoms with Crippen molar-refractivity contribution in [3.05, 3.63) is 23.8 Å². The van der Waals surface area contributed by atoms with Gasteiger partial charge in [-0.05, 0) is 31.0 Å². The maximum absolute atomic E-state index is 12.3. The van der Waals surface area contributed by atoms with Gasteiger partial charge in [0.15, 0.2) is 11.9 Å². The molecule has 0 spiro atoms. The van der Waals surface area contributed by atoms with Crippen LogP contribution < -0.4 is 9.64 Å². The Labute approximate surface area is 123 Å². The average molecular weight is 296 g/mol. The van der Waals surface area contributed by atoms with Crippen molar-refractivity contribution in [1.29, 1.82) is 0 Å². The number of carbonyl (C=O) groups is 2. The molecule has 20 heavy (non-hydrogen) atoms. The number of halogens is 1. The van der Waals surface area contributed by atoms with Gasteiger partial charge in [0.05, 0.1) is 11.6 Å². The van der Waals surface area contributed by atoms with Gasteiger partial charge < -0.3 is 9.64 Å². The molecular weight excluding hydrogens is 278 g/mol. The van der Waals surface area contributed by atoms with Crippen molar-refractivity contribution in [2.45, 2.75) is 26.9 Å². The molecule has 2 rings (SSSR count). The maximum atomic E-state index is 12.3. The number of hydrogen-bond donors (Lipinski definition) is 0. The normalized spacial score (nSPS) is 17.9. The number of nitrogens with zero attached hydrogens (tertiary/aromatic N) is 1. The zero-order chi connectivity index (χ0) is 14.9. The van der Waals surface area contributed by atoms with Crippen LogP contribution in [-0.4, -0.2) is 30.2 Å². The molecule has 0 saturated heterocycles. The van der Waals surface area contributed by atoms with Crippen molar-refractivity contribution >= 4 is 29.0 Å². The van der Waals surface area contributed by atoms with E-state index >= 15 is 0 Å². The summed E-state index contributed by atoms with van der Waals surface area (Å²) in [6.07, 6.45) is -0.504. The smallest absolute Gasteiger partial charge is 0.267 e. The molecule has 1 atom stereocenters. The summed E-state index contributed by atoms with van der Waals surface area (Å²) in [6.45, 7) is 6.41. The monoisotopic (exact) mass is 295 g/mol. The second kappa shape index (κ2) is 5.83. The van der Waals surface area contributed by atoms with Crippen LogP contribution in [0.1, 0.15) is 31.1 Å². The van der Waals surface area contributed by atoms with Gasteiger partial charge in [-0.15, -0.1) is 11.6 Å². The summed E-state index contributed by atoms with van der Waals surface area (Å²) < 4.78 is 5.59. The minimum atomic E-state index is -0.504. The highest BCUT2D eigenvalue weighted by atomic mass is 35.5. The lowest BCUT2D eigenvalue weighted by atomic mass is 10.1. The van der Waals surface area contributed by atoms with Crippen molar-refractivity contribution in [2.75, 3.05) is 17.3 Å². The van der Waals surface area contributed by atoms with E-state index in [2.05, 4.69) is 0 Å². The van der Waals surface area contributed by atoms with Crippen LogP contribution in [0.2, 0.25) is 0 Å². The summed E-state index contributed by atoms with van der Waals surface area (Å²) in [7, 11) is 0. The Morgan fingerprint density at radius 3 is 2.75 bits per heavy atom. The number of ether oxygens (including phenoxy) is 1. The summed E-state index contributed by atoms with van der Waals surface area (Å²) in [5, 5.41) is 0. The molecular formula is C15H18ClNO3. The third-order valence-electron chi connectivity index (χ3n) is 3.16. The molecule has 4 nitrogen and oxygen atoms in total. The second-order valence-corrected chi connectivity index (χ2v) is 5.61. The fraction of sp³-hybridized carbons (Fsp3) is 0.467. The lowest BCUT2D eigenvalue weighted by molar-refractivity contribution is -0.125. The Hall–Kier alpha value is -1.55. The van der Waals surface area contributed by atoms with E-state index in [1.807, 2.05) is 13.8 Å². The predicted octanol–water partition coefficient (Wildman–Crippen LogP) is 2.88. The first kappa shape index (κ1) is 14.9. The van der Waals surface area contributed by atoms with E-state index in [9.17, 15) is 9.59 Å². The first-order valence-electron chi connectivity index (χ1n) is 6.65. The number of hydrogen-bond acceptors (Lipinski definition) is 3. The highest BCUT2D eigenvalue weighted by molar-refractivity contribution is 6.30. The molecule has 1 unspecified atom stereocenters. The summed E-state index contributed by atoms with van der Waals surface area (Å²) in [4.78, 5) is 25.7. The van der Waals surface area contributed by atoms with Crippen LogP contribution in [0.25, 0.3) is 0 Å². The van der Waals surface area contributed by atoms with Crippen LogP contribution in [-0.2, 0) is 4.79 Å². The lowest BCUT2D eigenvalue weighted by Crippen LogP contribution is -2.46. The lowest BCUT2D eigenvalue weighted by Gasteiger charge is -2.34. The first-order chi connectivity index (χ1) is 9.43. The maximum Gasteiger partial charge on any atom is 0.267 e. The van der Waals surface area contributed by atoms with Crippen LogP contribution in [0.3, 0.4) is 0 Å². The van der Waals surface area contributed by atoms with E-state index in [1.54, 1.807) is 30.0 Å². The highest BCUT2D eigenvalue weighted by Gasteiger charge is 2.32. The summed E-state index contributed by atoms with van der Waals surface area (Å²) >= 11 is 5.58. The number of ketones is 1. The van der Waals surface area contributed by atoms with E-state index in [-0.39, 0.29) is 17.6 Å². The summed E-state index contributed by atoms with van der Waals surface area (Å²) in [6, 6.07) is 5.09. The zero-order valence-corrected chi connectivity index (χ0v) is 12.6. The number of benzene rings is 1. The molecule has 0 N–H and O–H groups in total. The quantitative estimate of drug-likeness (QED) is 0.634. The van der Waals surface area contributed by atoms with Gasteiger partial charge in [-0.2, -0.15) is 0 Å². The molecule has 0 radical (unpaired) electrons. The van der Waals surface area contributed by atoms with E-state index in [0.29, 0.717) is 29.5 Å². The summed E-state index contributed by atoms with van der Waals surface area (Å²) in [5.41, 5.74) is 1.15. The molecule has 1 aromatic carbocycles. The molecule has 1 aromatic rings. The third-order valence-corrected chi connectivity index (χ3v) is 3.40. The Morgan fingerprint density at radius 1 is 1.45 bits per heavy atom. The molecule has 1 amide bonds. The molecule has 1 heterocycles. The number of rotatable bonds is 4. The largest absolute Gasteiger partial charge is 0.479 e. The van der Waals surface area contributed by atoms with Gasteiger partial charge in [-0.1, -0.05) is 13.8 Å². The van der Waals surface area contributed by atoms with Gasteiger partial charge in [0, 0.05) is 12.1 Å². The van der Waals surface area contributed by atoms with Gasteiger partial charge in [0.2, 0.25) is 0 Å². The van der Waals surface area contributed by atoms with Crippen LogP contribution >= 0.6 is 11.6 Å². The topological polar surface area (TPSA) is 46.6 Å². The molecule has 5 heteroatoms. The Balaban J connectivity index is 2.45. The zero-order valence-electron chi connectivity index (χ0n) is 11.9. The number of fused-ring (bicyclic) bond motifs is 1. The average Bonchev–Trinajstić information content (AvgIpc) is 2.42. The molecule has 0 fully saturated rings. The van der Waals surface area contributed by atoms with E-state index in [0.717, 1.165) is 0 Å². The van der Waals surface area contributed by atoms with Crippen molar-refractivity contribution in [3.8, 4) is 5.75 Å².